The van der Waals surface area contributed by atoms with Crippen LogP contribution in [0.2, 0.25) is 0 Å². The number of hydrogen-bond donors (Lipinski definition) is 1. The van der Waals surface area contributed by atoms with Gasteiger partial charge in [0.15, 0.2) is 0 Å². The largest absolute Gasteiger partial charge is 0.303 e. The fourth-order valence-electron chi connectivity index (χ4n) is 1.80. The van der Waals surface area contributed by atoms with E-state index < -0.39 is 8.07 Å². The lowest BCUT2D eigenvalue weighted by Gasteiger charge is -2.19. The molecule has 0 aliphatic heterocycles. The van der Waals surface area contributed by atoms with Crippen molar-refractivity contribution in [3.63, 3.8) is 0 Å². The van der Waals surface area contributed by atoms with Crippen molar-refractivity contribution >= 4 is 13.4 Å². The first-order valence-corrected chi connectivity index (χ1v) is 7.06. The third-order valence-electron chi connectivity index (χ3n) is 2.96. The molecule has 0 spiro atoms. The van der Waals surface area contributed by atoms with Crippen LogP contribution in [0.1, 0.15) is 25.3 Å². The molecule has 0 bridgehead atoms. The van der Waals surface area contributed by atoms with Crippen molar-refractivity contribution in [2.75, 3.05) is 0 Å². The quantitative estimate of drug-likeness (QED) is 0.773. The number of nitrogens with two attached hydrogens (primary N) is 1. The molecule has 2 heteroatoms. The summed E-state index contributed by atoms with van der Waals surface area (Å²) in [4.78, 5) is 0. The number of rotatable bonds is 2. The zero-order chi connectivity index (χ0) is 11.5. The second kappa shape index (κ2) is 4.95. The van der Waals surface area contributed by atoms with Crippen molar-refractivity contribution < 1.29 is 0 Å². The maximum Gasteiger partial charge on any atom is 0.0183 e. The average Bonchev–Trinajstić information content (AvgIpc) is 2.30. The van der Waals surface area contributed by atoms with Crippen LogP contribution in [0.3, 0.4) is 0 Å². The Kier molecular flexibility index (Phi) is 3.58. The molecule has 0 fully saturated rings. The van der Waals surface area contributed by atoms with Crippen LogP contribution < -0.4 is 10.8 Å². The first-order valence-electron chi connectivity index (χ1n) is 5.64. The summed E-state index contributed by atoms with van der Waals surface area (Å²) in [6.07, 6.45) is 6.70. The van der Waals surface area contributed by atoms with Crippen molar-refractivity contribution in [1.29, 1.82) is 0 Å². The van der Waals surface area contributed by atoms with Gasteiger partial charge < -0.3 is 5.50 Å². The van der Waals surface area contributed by atoms with Crippen LogP contribution in [0.15, 0.2) is 47.3 Å². The van der Waals surface area contributed by atoms with Gasteiger partial charge in [-0.3, -0.25) is 0 Å². The third kappa shape index (κ3) is 2.61. The highest BCUT2D eigenvalue weighted by atomic mass is 31.1. The zero-order valence-electron chi connectivity index (χ0n) is 9.90. The molecule has 0 heterocycles. The normalized spacial score (nSPS) is 17.7. The Labute approximate surface area is 98.9 Å². The molecule has 0 saturated carbocycles. The van der Waals surface area contributed by atoms with Gasteiger partial charge in [0.2, 0.25) is 0 Å². The molecule has 1 aromatic carbocycles. The van der Waals surface area contributed by atoms with Crippen LogP contribution in [0.25, 0.3) is 0 Å². The summed E-state index contributed by atoms with van der Waals surface area (Å²) in [5, 5.41) is 2.68. The van der Waals surface area contributed by atoms with Gasteiger partial charge >= 0.3 is 0 Å². The Morgan fingerprint density at radius 1 is 1.00 bits per heavy atom. The van der Waals surface area contributed by atoms with E-state index in [4.69, 9.17) is 5.50 Å². The Bertz CT molecular complexity index is 429. The molecule has 1 unspecified atom stereocenters. The Balaban J connectivity index is 2.19. The molecule has 2 N–H and O–H groups in total. The maximum absolute atomic E-state index is 6.33. The van der Waals surface area contributed by atoms with E-state index in [1.54, 1.807) is 0 Å². The lowest BCUT2D eigenvalue weighted by atomic mass is 10.1. The van der Waals surface area contributed by atoms with Gasteiger partial charge in [-0.15, -0.1) is 0 Å². The van der Waals surface area contributed by atoms with E-state index >= 15 is 0 Å². The van der Waals surface area contributed by atoms with E-state index in [9.17, 15) is 0 Å². The van der Waals surface area contributed by atoms with Crippen LogP contribution >= 0.6 is 8.07 Å². The third-order valence-corrected chi connectivity index (χ3v) is 4.80. The molecule has 1 nitrogen and oxygen atoms in total. The SMILES string of the molecule is CC1=CC=C(P(N)c2ccc(C)cc2)CC1. The molecule has 1 aliphatic rings. The molecule has 84 valence electrons. The fraction of sp³-hybridized carbons (Fsp3) is 0.286. The molecular weight excluding hydrogens is 213 g/mol. The van der Waals surface area contributed by atoms with Crippen LogP contribution in [-0.2, 0) is 0 Å². The lowest BCUT2D eigenvalue weighted by molar-refractivity contribution is 0.947. The molecule has 16 heavy (non-hydrogen) atoms. The summed E-state index contributed by atoms with van der Waals surface area (Å²) in [5.74, 6) is 0. The summed E-state index contributed by atoms with van der Waals surface area (Å²) in [6, 6.07) is 8.60. The monoisotopic (exact) mass is 231 g/mol. The van der Waals surface area contributed by atoms with E-state index in [1.165, 1.54) is 21.8 Å². The molecule has 1 atom stereocenters. The zero-order valence-corrected chi connectivity index (χ0v) is 10.8. The van der Waals surface area contributed by atoms with Crippen molar-refractivity contribution in [3.8, 4) is 0 Å². The lowest BCUT2D eigenvalue weighted by Crippen LogP contribution is -2.09. The van der Waals surface area contributed by atoms with Gasteiger partial charge in [0.05, 0.1) is 0 Å². The molecule has 0 radical (unpaired) electrons. The Hall–Kier alpha value is -0.910. The van der Waals surface area contributed by atoms with Crippen LogP contribution in [0, 0.1) is 6.92 Å². The summed E-state index contributed by atoms with van der Waals surface area (Å²) in [5.41, 5.74) is 9.08. The van der Waals surface area contributed by atoms with Gasteiger partial charge in [0.25, 0.3) is 0 Å². The number of benzene rings is 1. The second-order valence-electron chi connectivity index (χ2n) is 4.38. The predicted octanol–water partition coefficient (Wildman–Crippen LogP) is 3.60. The van der Waals surface area contributed by atoms with E-state index in [0.717, 1.165) is 12.8 Å². The number of aryl methyl sites for hydroxylation is 1. The van der Waals surface area contributed by atoms with Crippen LogP contribution in [0.5, 0.6) is 0 Å². The smallest absolute Gasteiger partial charge is 0.0183 e. The topological polar surface area (TPSA) is 26.0 Å². The number of hydrogen-bond acceptors (Lipinski definition) is 1. The van der Waals surface area contributed by atoms with Crippen molar-refractivity contribution in [2.24, 2.45) is 5.50 Å². The minimum Gasteiger partial charge on any atom is -0.303 e. The highest BCUT2D eigenvalue weighted by Crippen LogP contribution is 2.40. The first kappa shape index (κ1) is 11.6. The van der Waals surface area contributed by atoms with Crippen molar-refractivity contribution in [1.82, 2.24) is 0 Å². The molecule has 1 aromatic rings. The highest BCUT2D eigenvalue weighted by molar-refractivity contribution is 7.67. The minimum absolute atomic E-state index is 0.609. The first-order chi connectivity index (χ1) is 7.66. The van der Waals surface area contributed by atoms with Crippen LogP contribution in [-0.4, -0.2) is 0 Å². The van der Waals surface area contributed by atoms with Crippen LogP contribution in [0.4, 0.5) is 0 Å². The average molecular weight is 231 g/mol. The van der Waals surface area contributed by atoms with Gasteiger partial charge in [-0.05, 0) is 37.3 Å². The van der Waals surface area contributed by atoms with E-state index in [2.05, 4.69) is 50.3 Å². The summed E-state index contributed by atoms with van der Waals surface area (Å²) >= 11 is 0. The summed E-state index contributed by atoms with van der Waals surface area (Å²) in [7, 11) is -0.609. The van der Waals surface area contributed by atoms with Crippen molar-refractivity contribution in [2.45, 2.75) is 26.7 Å². The summed E-state index contributed by atoms with van der Waals surface area (Å²) in [6.45, 7) is 4.28. The van der Waals surface area contributed by atoms with Crippen molar-refractivity contribution in [3.05, 3.63) is 52.9 Å². The molecular formula is C14H18NP. The highest BCUT2D eigenvalue weighted by Gasteiger charge is 2.13. The van der Waals surface area contributed by atoms with Gasteiger partial charge in [-0.25, -0.2) is 0 Å². The Morgan fingerprint density at radius 2 is 1.69 bits per heavy atom. The molecule has 1 aliphatic carbocycles. The van der Waals surface area contributed by atoms with E-state index in [-0.39, 0.29) is 0 Å². The van der Waals surface area contributed by atoms with E-state index in [0.29, 0.717) is 0 Å². The van der Waals surface area contributed by atoms with Gasteiger partial charge in [0.1, 0.15) is 0 Å². The van der Waals surface area contributed by atoms with Gasteiger partial charge in [-0.1, -0.05) is 47.6 Å². The second-order valence-corrected chi connectivity index (χ2v) is 6.21. The molecule has 0 saturated heterocycles. The Morgan fingerprint density at radius 3 is 2.25 bits per heavy atom. The maximum atomic E-state index is 6.33. The van der Waals surface area contributed by atoms with E-state index in [1.807, 2.05) is 0 Å². The van der Waals surface area contributed by atoms with Gasteiger partial charge in [0, 0.05) is 8.07 Å². The van der Waals surface area contributed by atoms with Gasteiger partial charge in [-0.2, -0.15) is 0 Å². The predicted molar refractivity (Wildman–Crippen MR) is 73.0 cm³/mol. The molecule has 0 aromatic heterocycles. The fourth-order valence-corrected chi connectivity index (χ4v) is 3.19. The standard InChI is InChI=1S/C14H18NP/c1-11-3-7-13(8-4-11)16(15)14-9-5-12(2)6-10-14/h3-5,7-9H,6,10,15H2,1-2H3. The minimum atomic E-state index is -0.609. The number of allylic oxidation sites excluding steroid dienone is 4. The molecule has 0 amide bonds. The molecule has 2 rings (SSSR count). The summed E-state index contributed by atoms with van der Waals surface area (Å²) < 4.78 is 0.